The summed E-state index contributed by atoms with van der Waals surface area (Å²) >= 11 is 11.8. The first-order valence-corrected chi connectivity index (χ1v) is 10.9. The standard InChI is InChI=1S/C23H26Cl2N4O/c1-17-15-21(28(13-11-24)14-12-25)10-9-19(17)16-26-22-18(2)27(3)29(23(22)30)20-7-5-4-6-8-20/h4-10,15-16H,11-14H2,1-3H3. The van der Waals surface area contributed by atoms with Crippen LogP contribution in [0.2, 0.25) is 0 Å². The molecule has 0 saturated heterocycles. The van der Waals surface area contributed by atoms with E-state index in [1.54, 1.807) is 10.9 Å². The van der Waals surface area contributed by atoms with E-state index >= 15 is 0 Å². The molecule has 30 heavy (non-hydrogen) atoms. The van der Waals surface area contributed by atoms with E-state index < -0.39 is 0 Å². The molecule has 3 rings (SSSR count). The first kappa shape index (κ1) is 22.2. The molecule has 5 nitrogen and oxygen atoms in total. The SMILES string of the molecule is Cc1cc(N(CCCl)CCCl)ccc1C=Nc1c(C)n(C)n(-c2ccccc2)c1=O. The fourth-order valence-corrected chi connectivity index (χ4v) is 3.82. The molecule has 0 aliphatic carbocycles. The smallest absolute Gasteiger partial charge is 0.297 e. The third kappa shape index (κ3) is 4.63. The third-order valence-corrected chi connectivity index (χ3v) is 5.52. The number of rotatable bonds is 8. The molecule has 1 heterocycles. The predicted octanol–water partition coefficient (Wildman–Crippen LogP) is 4.83. The first-order valence-electron chi connectivity index (χ1n) is 9.83. The highest BCUT2D eigenvalue weighted by molar-refractivity contribution is 6.18. The van der Waals surface area contributed by atoms with Crippen LogP contribution in [0.5, 0.6) is 0 Å². The van der Waals surface area contributed by atoms with Gasteiger partial charge in [-0.3, -0.25) is 9.48 Å². The molecule has 0 atom stereocenters. The molecular formula is C23H26Cl2N4O. The van der Waals surface area contributed by atoms with Crippen LogP contribution in [-0.2, 0) is 7.05 Å². The second-order valence-electron chi connectivity index (χ2n) is 7.07. The van der Waals surface area contributed by atoms with Crippen LogP contribution in [0, 0.1) is 13.8 Å². The summed E-state index contributed by atoms with van der Waals surface area (Å²) in [6.07, 6.45) is 1.76. The Bertz CT molecular complexity index is 1080. The van der Waals surface area contributed by atoms with Gasteiger partial charge in [-0.1, -0.05) is 24.3 Å². The van der Waals surface area contributed by atoms with E-state index in [2.05, 4.69) is 16.0 Å². The van der Waals surface area contributed by atoms with Crippen molar-refractivity contribution in [3.63, 3.8) is 0 Å². The molecule has 0 saturated carbocycles. The third-order valence-electron chi connectivity index (χ3n) is 5.18. The lowest BCUT2D eigenvalue weighted by Crippen LogP contribution is -2.27. The molecule has 7 heteroatoms. The van der Waals surface area contributed by atoms with Gasteiger partial charge in [0.1, 0.15) is 0 Å². The van der Waals surface area contributed by atoms with Crippen LogP contribution in [0.3, 0.4) is 0 Å². The molecule has 0 unspecified atom stereocenters. The minimum absolute atomic E-state index is 0.137. The van der Waals surface area contributed by atoms with E-state index in [4.69, 9.17) is 23.2 Å². The normalized spacial score (nSPS) is 11.4. The van der Waals surface area contributed by atoms with Gasteiger partial charge in [-0.2, -0.15) is 0 Å². The number of aromatic nitrogens is 2. The number of halogens is 2. The molecule has 0 spiro atoms. The maximum absolute atomic E-state index is 13.0. The van der Waals surface area contributed by atoms with Gasteiger partial charge in [-0.15, -0.1) is 23.2 Å². The molecule has 0 radical (unpaired) electrons. The highest BCUT2D eigenvalue weighted by atomic mass is 35.5. The average Bonchev–Trinajstić information content (AvgIpc) is 2.96. The zero-order valence-electron chi connectivity index (χ0n) is 17.5. The Morgan fingerprint density at radius 3 is 2.30 bits per heavy atom. The van der Waals surface area contributed by atoms with Crippen molar-refractivity contribution in [1.29, 1.82) is 0 Å². The second kappa shape index (κ2) is 10.0. The van der Waals surface area contributed by atoms with Gasteiger partial charge in [0.05, 0.1) is 11.4 Å². The van der Waals surface area contributed by atoms with Gasteiger partial charge in [-0.05, 0) is 49.2 Å². The van der Waals surface area contributed by atoms with Crippen LogP contribution in [0.25, 0.3) is 5.69 Å². The van der Waals surface area contributed by atoms with Gasteiger partial charge in [0, 0.05) is 43.8 Å². The summed E-state index contributed by atoms with van der Waals surface area (Å²) in [5.74, 6) is 1.08. The van der Waals surface area contributed by atoms with Gasteiger partial charge in [0.2, 0.25) is 0 Å². The highest BCUT2D eigenvalue weighted by Crippen LogP contribution is 2.21. The van der Waals surface area contributed by atoms with Crippen LogP contribution in [-0.4, -0.2) is 40.4 Å². The lowest BCUT2D eigenvalue weighted by atomic mass is 10.1. The lowest BCUT2D eigenvalue weighted by molar-refractivity contribution is 0.630. The fraction of sp³-hybridized carbons (Fsp3) is 0.304. The lowest BCUT2D eigenvalue weighted by Gasteiger charge is -2.23. The molecule has 158 valence electrons. The Hall–Kier alpha value is -2.50. The molecule has 0 N–H and O–H groups in total. The van der Waals surface area contributed by atoms with Crippen LogP contribution in [0.4, 0.5) is 11.4 Å². The Morgan fingerprint density at radius 1 is 1.03 bits per heavy atom. The van der Waals surface area contributed by atoms with E-state index in [9.17, 15) is 4.79 Å². The summed E-state index contributed by atoms with van der Waals surface area (Å²) in [5.41, 5.74) is 5.04. The van der Waals surface area contributed by atoms with Crippen LogP contribution in [0.15, 0.2) is 58.3 Å². The Morgan fingerprint density at radius 2 is 1.70 bits per heavy atom. The zero-order valence-corrected chi connectivity index (χ0v) is 19.0. The Labute approximate surface area is 187 Å². The van der Waals surface area contributed by atoms with Crippen molar-refractivity contribution in [3.05, 3.63) is 75.7 Å². The molecule has 0 amide bonds. The van der Waals surface area contributed by atoms with Gasteiger partial charge in [0.25, 0.3) is 5.56 Å². The van der Waals surface area contributed by atoms with Gasteiger partial charge >= 0.3 is 0 Å². The number of hydrogen-bond donors (Lipinski definition) is 0. The molecule has 0 bridgehead atoms. The van der Waals surface area contributed by atoms with Gasteiger partial charge in [0.15, 0.2) is 5.69 Å². The van der Waals surface area contributed by atoms with Crippen LogP contribution >= 0.6 is 23.2 Å². The molecule has 1 aromatic heterocycles. The minimum atomic E-state index is -0.137. The summed E-state index contributed by atoms with van der Waals surface area (Å²) < 4.78 is 3.46. The van der Waals surface area contributed by atoms with E-state index in [0.717, 1.165) is 41.3 Å². The van der Waals surface area contributed by atoms with E-state index in [0.29, 0.717) is 17.4 Å². The van der Waals surface area contributed by atoms with Crippen molar-refractivity contribution in [2.24, 2.45) is 12.0 Å². The second-order valence-corrected chi connectivity index (χ2v) is 7.83. The molecule has 2 aromatic carbocycles. The highest BCUT2D eigenvalue weighted by Gasteiger charge is 2.15. The van der Waals surface area contributed by atoms with E-state index in [-0.39, 0.29) is 5.56 Å². The number of para-hydroxylation sites is 1. The molecule has 0 aliphatic heterocycles. The van der Waals surface area contributed by atoms with Crippen molar-refractivity contribution in [1.82, 2.24) is 9.36 Å². The minimum Gasteiger partial charge on any atom is -0.369 e. The molecule has 0 aliphatic rings. The van der Waals surface area contributed by atoms with Gasteiger partial charge in [-0.25, -0.2) is 9.67 Å². The van der Waals surface area contributed by atoms with E-state index in [1.165, 1.54) is 0 Å². The largest absolute Gasteiger partial charge is 0.369 e. The summed E-state index contributed by atoms with van der Waals surface area (Å²) in [7, 11) is 1.87. The monoisotopic (exact) mass is 444 g/mol. The van der Waals surface area contributed by atoms with Crippen molar-refractivity contribution >= 4 is 40.8 Å². The summed E-state index contributed by atoms with van der Waals surface area (Å²) in [6.45, 7) is 5.41. The van der Waals surface area contributed by atoms with Crippen molar-refractivity contribution in [2.45, 2.75) is 13.8 Å². The van der Waals surface area contributed by atoms with Crippen molar-refractivity contribution < 1.29 is 0 Å². The number of nitrogens with zero attached hydrogens (tertiary/aromatic N) is 4. The van der Waals surface area contributed by atoms with Crippen molar-refractivity contribution in [2.75, 3.05) is 29.7 Å². The number of hydrogen-bond acceptors (Lipinski definition) is 3. The zero-order chi connectivity index (χ0) is 21.7. The van der Waals surface area contributed by atoms with Crippen molar-refractivity contribution in [3.8, 4) is 5.69 Å². The maximum atomic E-state index is 13.0. The number of benzene rings is 2. The van der Waals surface area contributed by atoms with Gasteiger partial charge < -0.3 is 4.90 Å². The Kier molecular flexibility index (Phi) is 7.40. The number of alkyl halides is 2. The fourth-order valence-electron chi connectivity index (χ4n) is 3.41. The molecule has 3 aromatic rings. The summed E-state index contributed by atoms with van der Waals surface area (Å²) in [4.78, 5) is 19.7. The first-order chi connectivity index (χ1) is 14.5. The average molecular weight is 445 g/mol. The number of aryl methyl sites for hydroxylation is 1. The molecular weight excluding hydrogens is 419 g/mol. The number of anilines is 1. The maximum Gasteiger partial charge on any atom is 0.297 e. The van der Waals surface area contributed by atoms with Crippen LogP contribution < -0.4 is 10.5 Å². The predicted molar refractivity (Wildman–Crippen MR) is 128 cm³/mol. The summed E-state index contributed by atoms with van der Waals surface area (Å²) in [6, 6.07) is 15.7. The number of aliphatic imine (C=N–C) groups is 1. The quantitative estimate of drug-likeness (QED) is 0.368. The summed E-state index contributed by atoms with van der Waals surface area (Å²) in [5, 5.41) is 0. The Balaban J connectivity index is 1.92. The topological polar surface area (TPSA) is 42.5 Å². The van der Waals surface area contributed by atoms with E-state index in [1.807, 2.05) is 68.0 Å². The molecule has 0 fully saturated rings. The van der Waals surface area contributed by atoms with Crippen LogP contribution in [0.1, 0.15) is 16.8 Å².